The normalized spacial score (nSPS) is 11.9. The molecule has 0 aliphatic rings. The highest BCUT2D eigenvalue weighted by Crippen LogP contribution is 2.27. The van der Waals surface area contributed by atoms with Crippen LogP contribution in [0.15, 0.2) is 53.0 Å². The number of ether oxygens (including phenoxy) is 1. The second-order valence-corrected chi connectivity index (χ2v) is 7.24. The third-order valence-electron chi connectivity index (χ3n) is 3.49. The van der Waals surface area contributed by atoms with E-state index in [2.05, 4.69) is 15.2 Å². The number of aliphatic hydroxyl groups is 1. The maximum absolute atomic E-state index is 12.3. The molecule has 0 spiro atoms. The first-order valence-corrected chi connectivity index (χ1v) is 10.1. The Bertz CT molecular complexity index is 950. The van der Waals surface area contributed by atoms with Crippen molar-refractivity contribution in [3.63, 3.8) is 0 Å². The van der Waals surface area contributed by atoms with Crippen LogP contribution in [0.3, 0.4) is 0 Å². The Hall–Kier alpha value is -2.65. The molecule has 140 valence electrons. The summed E-state index contributed by atoms with van der Waals surface area (Å²) < 4.78 is 6.90. The van der Waals surface area contributed by atoms with Crippen molar-refractivity contribution in [1.82, 2.24) is 19.7 Å². The summed E-state index contributed by atoms with van der Waals surface area (Å²) in [5.41, 5.74) is 1.78. The molecular formula is C18H18N4O3S2. The lowest BCUT2D eigenvalue weighted by Crippen LogP contribution is -2.10. The number of thiazole rings is 1. The van der Waals surface area contributed by atoms with Crippen LogP contribution in [0.1, 0.15) is 17.6 Å². The van der Waals surface area contributed by atoms with E-state index in [1.165, 1.54) is 23.1 Å². The zero-order chi connectivity index (χ0) is 19.2. The van der Waals surface area contributed by atoms with Crippen molar-refractivity contribution in [2.75, 3.05) is 12.4 Å². The zero-order valence-corrected chi connectivity index (χ0v) is 16.5. The van der Waals surface area contributed by atoms with Gasteiger partial charge in [0, 0.05) is 16.8 Å². The lowest BCUT2D eigenvalue weighted by Gasteiger charge is -2.09. The van der Waals surface area contributed by atoms with Crippen molar-refractivity contribution in [3.05, 3.63) is 58.5 Å². The predicted octanol–water partition coefficient (Wildman–Crippen LogP) is 3.66. The van der Waals surface area contributed by atoms with E-state index in [1.54, 1.807) is 13.3 Å². The molecule has 2 heterocycles. The van der Waals surface area contributed by atoms with Crippen LogP contribution in [-0.2, 0) is 9.53 Å². The van der Waals surface area contributed by atoms with Gasteiger partial charge in [-0.15, -0.1) is 21.5 Å². The molecule has 0 fully saturated rings. The summed E-state index contributed by atoms with van der Waals surface area (Å²) in [6.45, 7) is 3.77. The standard InChI is InChI=1S/C18H18N4O3S2/c1-3-25-17(24)15(16-20-12(2)9-26-16)14(23)10-27-18-21-19-11-22(18)13-7-5-4-6-8-13/h4-9,11,23H,3,10H2,1-2H3. The summed E-state index contributed by atoms with van der Waals surface area (Å²) in [6.07, 6.45) is 1.61. The monoisotopic (exact) mass is 402 g/mol. The van der Waals surface area contributed by atoms with Gasteiger partial charge in [0.1, 0.15) is 22.7 Å². The average Bonchev–Trinajstić information content (AvgIpc) is 3.30. The lowest BCUT2D eigenvalue weighted by atomic mass is 10.2. The molecule has 0 saturated heterocycles. The molecule has 7 nitrogen and oxygen atoms in total. The third-order valence-corrected chi connectivity index (χ3v) is 5.42. The van der Waals surface area contributed by atoms with Gasteiger partial charge in [0.2, 0.25) is 0 Å². The van der Waals surface area contributed by atoms with Gasteiger partial charge in [-0.05, 0) is 26.0 Å². The minimum Gasteiger partial charge on any atom is -0.510 e. The number of aliphatic hydroxyl groups excluding tert-OH is 1. The molecule has 1 aromatic carbocycles. The number of rotatable bonds is 7. The van der Waals surface area contributed by atoms with Gasteiger partial charge >= 0.3 is 5.97 Å². The minimum absolute atomic E-state index is 0.0910. The molecule has 0 bridgehead atoms. The first-order chi connectivity index (χ1) is 13.1. The highest BCUT2D eigenvalue weighted by Gasteiger charge is 2.22. The van der Waals surface area contributed by atoms with E-state index in [-0.39, 0.29) is 23.7 Å². The number of para-hydroxylation sites is 1. The number of benzene rings is 1. The maximum atomic E-state index is 12.3. The lowest BCUT2D eigenvalue weighted by molar-refractivity contribution is -0.136. The summed E-state index contributed by atoms with van der Waals surface area (Å²) in [4.78, 5) is 16.6. The molecular weight excluding hydrogens is 384 g/mol. The Morgan fingerprint density at radius 3 is 2.78 bits per heavy atom. The van der Waals surface area contributed by atoms with Crippen molar-refractivity contribution in [2.24, 2.45) is 0 Å². The number of hydrogen-bond acceptors (Lipinski definition) is 8. The van der Waals surface area contributed by atoms with Crippen LogP contribution in [0, 0.1) is 6.92 Å². The molecule has 3 aromatic rings. The van der Waals surface area contributed by atoms with E-state index in [0.29, 0.717) is 10.2 Å². The number of esters is 1. The van der Waals surface area contributed by atoms with Gasteiger partial charge in [0.15, 0.2) is 5.16 Å². The molecule has 0 atom stereocenters. The van der Waals surface area contributed by atoms with Gasteiger partial charge in [-0.1, -0.05) is 30.0 Å². The van der Waals surface area contributed by atoms with Gasteiger partial charge in [-0.25, -0.2) is 9.78 Å². The number of aromatic nitrogens is 4. The molecule has 0 saturated carbocycles. The molecule has 1 N–H and O–H groups in total. The molecule has 27 heavy (non-hydrogen) atoms. The van der Waals surface area contributed by atoms with E-state index in [1.807, 2.05) is 47.2 Å². The van der Waals surface area contributed by atoms with Gasteiger partial charge in [0.05, 0.1) is 12.4 Å². The van der Waals surface area contributed by atoms with E-state index in [0.717, 1.165) is 11.4 Å². The Morgan fingerprint density at radius 2 is 2.11 bits per heavy atom. The average molecular weight is 403 g/mol. The van der Waals surface area contributed by atoms with Gasteiger partial charge in [0.25, 0.3) is 0 Å². The molecule has 0 amide bonds. The first-order valence-electron chi connectivity index (χ1n) is 8.20. The quantitative estimate of drug-likeness (QED) is 0.279. The molecule has 0 aliphatic carbocycles. The van der Waals surface area contributed by atoms with E-state index in [9.17, 15) is 9.90 Å². The van der Waals surface area contributed by atoms with E-state index < -0.39 is 5.97 Å². The van der Waals surface area contributed by atoms with Crippen LogP contribution >= 0.6 is 23.1 Å². The molecule has 0 radical (unpaired) electrons. The second kappa shape index (κ2) is 8.83. The number of carbonyl (C=O) groups excluding carboxylic acids is 1. The molecule has 0 unspecified atom stereocenters. The van der Waals surface area contributed by atoms with Crippen LogP contribution in [0.4, 0.5) is 0 Å². The Kier molecular flexibility index (Phi) is 6.25. The number of thioether (sulfide) groups is 1. The molecule has 2 aromatic heterocycles. The number of hydrogen-bond donors (Lipinski definition) is 1. The highest BCUT2D eigenvalue weighted by molar-refractivity contribution is 7.99. The SMILES string of the molecule is CCOC(=O)C(=C(O)CSc1nncn1-c1ccccc1)c1nc(C)cs1. The van der Waals surface area contributed by atoms with Crippen LogP contribution in [0.5, 0.6) is 0 Å². The summed E-state index contributed by atoms with van der Waals surface area (Å²) in [7, 11) is 0. The van der Waals surface area contributed by atoms with Crippen molar-refractivity contribution < 1.29 is 14.6 Å². The van der Waals surface area contributed by atoms with Gasteiger partial charge < -0.3 is 9.84 Å². The molecule has 3 rings (SSSR count). The van der Waals surface area contributed by atoms with E-state index in [4.69, 9.17) is 4.74 Å². The molecule has 9 heteroatoms. The Balaban J connectivity index is 1.85. The smallest absolute Gasteiger partial charge is 0.344 e. The number of aryl methyl sites for hydroxylation is 1. The Morgan fingerprint density at radius 1 is 1.33 bits per heavy atom. The van der Waals surface area contributed by atoms with Crippen molar-refractivity contribution in [3.8, 4) is 5.69 Å². The summed E-state index contributed by atoms with van der Waals surface area (Å²) >= 11 is 2.56. The fourth-order valence-electron chi connectivity index (χ4n) is 2.29. The van der Waals surface area contributed by atoms with E-state index >= 15 is 0 Å². The van der Waals surface area contributed by atoms with Crippen LogP contribution < -0.4 is 0 Å². The minimum atomic E-state index is -0.588. The van der Waals surface area contributed by atoms with Crippen molar-refractivity contribution in [2.45, 2.75) is 19.0 Å². The fraction of sp³-hybridized carbons (Fsp3) is 0.222. The first kappa shape index (κ1) is 19.1. The van der Waals surface area contributed by atoms with Crippen molar-refractivity contribution >= 4 is 34.6 Å². The summed E-state index contributed by atoms with van der Waals surface area (Å²) in [5.74, 6) is -0.553. The predicted molar refractivity (Wildman–Crippen MR) is 105 cm³/mol. The highest BCUT2D eigenvalue weighted by atomic mass is 32.2. The van der Waals surface area contributed by atoms with Gasteiger partial charge in [-0.2, -0.15) is 0 Å². The fourth-order valence-corrected chi connectivity index (χ4v) is 3.95. The number of carbonyl (C=O) groups is 1. The van der Waals surface area contributed by atoms with Crippen LogP contribution in [0.25, 0.3) is 11.3 Å². The Labute approximate surface area is 164 Å². The molecule has 0 aliphatic heterocycles. The summed E-state index contributed by atoms with van der Waals surface area (Å²) in [6, 6.07) is 9.64. The van der Waals surface area contributed by atoms with Crippen LogP contribution in [0.2, 0.25) is 0 Å². The van der Waals surface area contributed by atoms with Crippen LogP contribution in [-0.4, -0.2) is 43.2 Å². The largest absolute Gasteiger partial charge is 0.510 e. The van der Waals surface area contributed by atoms with Gasteiger partial charge in [-0.3, -0.25) is 4.57 Å². The number of nitrogens with zero attached hydrogens (tertiary/aromatic N) is 4. The topological polar surface area (TPSA) is 90.1 Å². The second-order valence-electron chi connectivity index (χ2n) is 5.44. The third kappa shape index (κ3) is 4.55. The van der Waals surface area contributed by atoms with Crippen molar-refractivity contribution in [1.29, 1.82) is 0 Å². The maximum Gasteiger partial charge on any atom is 0.344 e. The zero-order valence-electron chi connectivity index (χ0n) is 14.8. The summed E-state index contributed by atoms with van der Waals surface area (Å²) in [5, 5.41) is 21.5.